The average Bonchev–Trinajstić information content (AvgIpc) is 2.56. The summed E-state index contributed by atoms with van der Waals surface area (Å²) in [5, 5.41) is 2.55. The van der Waals surface area contributed by atoms with E-state index in [0.29, 0.717) is 15.7 Å². The van der Waals surface area contributed by atoms with E-state index in [4.69, 9.17) is 4.74 Å². The summed E-state index contributed by atoms with van der Waals surface area (Å²) in [6.07, 6.45) is 1.03. The SMILES string of the molecule is COC(=O)C1=CN(CC(=O)Nc2ccccc2OC)S(=O)(=O)N=C1C. The molecule has 1 heterocycles. The molecule has 0 fully saturated rings. The van der Waals surface area contributed by atoms with Crippen LogP contribution in [-0.4, -0.2) is 51.1 Å². The van der Waals surface area contributed by atoms with Crippen LogP contribution in [0.4, 0.5) is 5.69 Å². The molecule has 0 aromatic heterocycles. The van der Waals surface area contributed by atoms with E-state index in [1.165, 1.54) is 14.0 Å². The fourth-order valence-electron chi connectivity index (χ4n) is 2.10. The van der Waals surface area contributed by atoms with E-state index in [-0.39, 0.29) is 11.3 Å². The molecule has 10 heteroatoms. The third-order valence-electron chi connectivity index (χ3n) is 3.30. The van der Waals surface area contributed by atoms with E-state index in [9.17, 15) is 18.0 Å². The Morgan fingerprint density at radius 1 is 1.24 bits per heavy atom. The highest BCUT2D eigenvalue weighted by atomic mass is 32.2. The van der Waals surface area contributed by atoms with Crippen molar-refractivity contribution in [2.24, 2.45) is 4.40 Å². The molecule has 2 rings (SSSR count). The molecule has 0 saturated carbocycles. The van der Waals surface area contributed by atoms with E-state index in [1.54, 1.807) is 24.3 Å². The summed E-state index contributed by atoms with van der Waals surface area (Å²) in [5.74, 6) is -0.938. The van der Waals surface area contributed by atoms with Gasteiger partial charge in [-0.2, -0.15) is 8.42 Å². The van der Waals surface area contributed by atoms with Gasteiger partial charge in [-0.05, 0) is 19.1 Å². The van der Waals surface area contributed by atoms with Crippen LogP contribution >= 0.6 is 0 Å². The van der Waals surface area contributed by atoms with Gasteiger partial charge in [0, 0.05) is 6.20 Å². The van der Waals surface area contributed by atoms with Gasteiger partial charge in [0.15, 0.2) is 0 Å². The standard InChI is InChI=1S/C15H17N3O6S/c1-10-11(15(20)24-3)8-18(25(21,22)17-10)9-14(19)16-12-6-4-5-7-13(12)23-2/h4-8H,9H2,1-3H3,(H,16,19). The Hall–Kier alpha value is -2.88. The van der Waals surface area contributed by atoms with Crippen LogP contribution in [0.2, 0.25) is 0 Å². The van der Waals surface area contributed by atoms with Gasteiger partial charge in [0.2, 0.25) is 5.91 Å². The lowest BCUT2D eigenvalue weighted by atomic mass is 10.2. The van der Waals surface area contributed by atoms with Crippen molar-refractivity contribution in [1.82, 2.24) is 4.31 Å². The van der Waals surface area contributed by atoms with Gasteiger partial charge in [0.05, 0.1) is 31.2 Å². The van der Waals surface area contributed by atoms with Gasteiger partial charge < -0.3 is 14.8 Å². The minimum absolute atomic E-state index is 0.00626. The van der Waals surface area contributed by atoms with Crippen molar-refractivity contribution in [3.8, 4) is 5.75 Å². The van der Waals surface area contributed by atoms with Crippen LogP contribution in [0.25, 0.3) is 0 Å². The molecule has 0 spiro atoms. The molecule has 9 nitrogen and oxygen atoms in total. The summed E-state index contributed by atoms with van der Waals surface area (Å²) in [5.41, 5.74) is 0.344. The summed E-state index contributed by atoms with van der Waals surface area (Å²) in [7, 11) is -1.49. The molecule has 0 radical (unpaired) electrons. The molecule has 0 saturated heterocycles. The fourth-order valence-corrected chi connectivity index (χ4v) is 3.16. The Bertz CT molecular complexity index is 860. The van der Waals surface area contributed by atoms with Crippen molar-refractivity contribution >= 4 is 33.5 Å². The molecular weight excluding hydrogens is 350 g/mol. The number of nitrogens with zero attached hydrogens (tertiary/aromatic N) is 2. The lowest BCUT2D eigenvalue weighted by molar-refractivity contribution is -0.135. The van der Waals surface area contributed by atoms with Crippen LogP contribution in [0, 0.1) is 0 Å². The summed E-state index contributed by atoms with van der Waals surface area (Å²) in [6, 6.07) is 6.68. The van der Waals surface area contributed by atoms with Crippen LogP contribution in [-0.2, 0) is 24.5 Å². The Labute approximate surface area is 145 Å². The molecule has 0 unspecified atom stereocenters. The Balaban J connectivity index is 2.21. The maximum Gasteiger partial charge on any atom is 0.344 e. The van der Waals surface area contributed by atoms with Gasteiger partial charge in [0.1, 0.15) is 12.3 Å². The summed E-state index contributed by atoms with van der Waals surface area (Å²) < 4.78 is 38.0. The number of ether oxygens (including phenoxy) is 2. The maximum absolute atomic E-state index is 12.2. The second-order valence-electron chi connectivity index (χ2n) is 4.98. The van der Waals surface area contributed by atoms with Crippen LogP contribution in [0.15, 0.2) is 40.4 Å². The number of para-hydroxylation sites is 2. The number of anilines is 1. The molecule has 1 N–H and O–H groups in total. The first-order chi connectivity index (χ1) is 11.8. The number of esters is 1. The van der Waals surface area contributed by atoms with Crippen molar-refractivity contribution in [3.63, 3.8) is 0 Å². The molecule has 1 aromatic rings. The van der Waals surface area contributed by atoms with E-state index < -0.39 is 28.6 Å². The number of benzene rings is 1. The number of rotatable bonds is 5. The number of methoxy groups -OCH3 is 2. The summed E-state index contributed by atoms with van der Waals surface area (Å²) in [6.45, 7) is 0.810. The predicted molar refractivity (Wildman–Crippen MR) is 90.5 cm³/mol. The van der Waals surface area contributed by atoms with E-state index in [2.05, 4.69) is 14.5 Å². The largest absolute Gasteiger partial charge is 0.495 e. The highest BCUT2D eigenvalue weighted by Gasteiger charge is 2.30. The second-order valence-corrected chi connectivity index (χ2v) is 6.53. The fraction of sp³-hybridized carbons (Fsp3) is 0.267. The monoisotopic (exact) mass is 367 g/mol. The van der Waals surface area contributed by atoms with Crippen molar-refractivity contribution in [1.29, 1.82) is 0 Å². The smallest absolute Gasteiger partial charge is 0.344 e. The van der Waals surface area contributed by atoms with Gasteiger partial charge in [-0.25, -0.2) is 9.10 Å². The third kappa shape index (κ3) is 4.15. The molecule has 0 bridgehead atoms. The normalized spacial score (nSPS) is 15.7. The molecule has 1 aromatic carbocycles. The molecular formula is C15H17N3O6S. The summed E-state index contributed by atoms with van der Waals surface area (Å²) >= 11 is 0. The van der Waals surface area contributed by atoms with Crippen LogP contribution in [0.5, 0.6) is 5.75 Å². The molecule has 25 heavy (non-hydrogen) atoms. The van der Waals surface area contributed by atoms with E-state index in [0.717, 1.165) is 13.3 Å². The first kappa shape index (κ1) is 18.5. The third-order valence-corrected chi connectivity index (χ3v) is 4.63. The van der Waals surface area contributed by atoms with Gasteiger partial charge in [-0.3, -0.25) is 4.79 Å². The molecule has 1 amide bonds. The van der Waals surface area contributed by atoms with E-state index in [1.807, 2.05) is 0 Å². The minimum Gasteiger partial charge on any atom is -0.495 e. The Kier molecular flexibility index (Phi) is 5.42. The zero-order valence-corrected chi connectivity index (χ0v) is 14.7. The van der Waals surface area contributed by atoms with Crippen LogP contribution < -0.4 is 10.1 Å². The predicted octanol–water partition coefficient (Wildman–Crippen LogP) is 0.712. The van der Waals surface area contributed by atoms with Gasteiger partial charge in [0.25, 0.3) is 0 Å². The molecule has 0 atom stereocenters. The van der Waals surface area contributed by atoms with Crippen molar-refractivity contribution in [2.45, 2.75) is 6.92 Å². The molecule has 1 aliphatic heterocycles. The van der Waals surface area contributed by atoms with Crippen LogP contribution in [0.3, 0.4) is 0 Å². The number of hydrogen-bond acceptors (Lipinski definition) is 6. The first-order valence-electron chi connectivity index (χ1n) is 7.10. The number of carbonyl (C=O) groups excluding carboxylic acids is 2. The lowest BCUT2D eigenvalue weighted by Gasteiger charge is -2.22. The topological polar surface area (TPSA) is 114 Å². The van der Waals surface area contributed by atoms with Gasteiger partial charge >= 0.3 is 16.2 Å². The minimum atomic E-state index is -4.11. The molecule has 1 aliphatic rings. The number of nitrogens with one attached hydrogen (secondary N) is 1. The quantitative estimate of drug-likeness (QED) is 0.767. The number of amides is 1. The summed E-state index contributed by atoms with van der Waals surface area (Å²) in [4.78, 5) is 23.9. The number of carbonyl (C=O) groups is 2. The van der Waals surface area contributed by atoms with Gasteiger partial charge in [-0.15, -0.1) is 4.40 Å². The Morgan fingerprint density at radius 3 is 2.56 bits per heavy atom. The Morgan fingerprint density at radius 2 is 1.92 bits per heavy atom. The van der Waals surface area contributed by atoms with Crippen LogP contribution in [0.1, 0.15) is 6.92 Å². The zero-order valence-electron chi connectivity index (χ0n) is 13.8. The highest BCUT2D eigenvalue weighted by molar-refractivity contribution is 7.88. The van der Waals surface area contributed by atoms with E-state index >= 15 is 0 Å². The second kappa shape index (κ2) is 7.34. The van der Waals surface area contributed by atoms with Crippen molar-refractivity contribution in [3.05, 3.63) is 36.0 Å². The zero-order chi connectivity index (χ0) is 18.6. The lowest BCUT2D eigenvalue weighted by Crippen LogP contribution is -2.37. The first-order valence-corrected chi connectivity index (χ1v) is 8.50. The average molecular weight is 367 g/mol. The molecule has 0 aliphatic carbocycles. The highest BCUT2D eigenvalue weighted by Crippen LogP contribution is 2.23. The van der Waals surface area contributed by atoms with Crippen molar-refractivity contribution in [2.75, 3.05) is 26.1 Å². The van der Waals surface area contributed by atoms with Crippen molar-refractivity contribution < 1.29 is 27.5 Å². The van der Waals surface area contributed by atoms with Gasteiger partial charge in [-0.1, -0.05) is 12.1 Å². The maximum atomic E-state index is 12.2. The molecule has 134 valence electrons. The number of hydrogen-bond donors (Lipinski definition) is 1.